The Morgan fingerprint density at radius 2 is 1.66 bits per heavy atom. The molecule has 1 atom stereocenters. The first-order chi connectivity index (χ1) is 14.0. The quantitative estimate of drug-likeness (QED) is 0.713. The maximum absolute atomic E-state index is 12.4. The van der Waals surface area contributed by atoms with Crippen LogP contribution in [-0.4, -0.2) is 60.9 Å². The number of nitrogens with zero attached hydrogens (tertiary/aromatic N) is 2. The summed E-state index contributed by atoms with van der Waals surface area (Å²) in [5.41, 5.74) is 2.03. The molecule has 2 heterocycles. The number of aryl methyl sites for hydroxylation is 1. The molecule has 1 aromatic heterocycles. The third-order valence-corrected chi connectivity index (χ3v) is 5.22. The van der Waals surface area contributed by atoms with Crippen LogP contribution in [0.25, 0.3) is 0 Å². The van der Waals surface area contributed by atoms with Crippen molar-refractivity contribution < 1.29 is 14.0 Å². The minimum Gasteiger partial charge on any atom is -0.467 e. The predicted octanol–water partition coefficient (Wildman–Crippen LogP) is 2.28. The summed E-state index contributed by atoms with van der Waals surface area (Å²) < 4.78 is 5.32. The van der Waals surface area contributed by atoms with Crippen LogP contribution in [0.3, 0.4) is 0 Å². The molecule has 1 aliphatic heterocycles. The molecular weight excluding hydrogens is 368 g/mol. The van der Waals surface area contributed by atoms with Gasteiger partial charge in [0.2, 0.25) is 11.8 Å². The molecule has 2 amide bonds. The Morgan fingerprint density at radius 3 is 2.28 bits per heavy atom. The standard InChI is InChI=1S/C22H30N4O3/c1-3-18-7-4-5-8-19(18)24-22(28)16-26-12-10-25(11-13-26)15-21(27)23-17(2)20-9-6-14-29-20/h4-9,14,17H,3,10-13,15-16H2,1-2H3,(H,23,27)(H,24,28)/t17-/m1/s1. The SMILES string of the molecule is CCc1ccccc1NC(=O)CN1CCN(CC(=O)N[C@H](C)c2ccco2)CC1. The Bertz CT molecular complexity index is 798. The largest absolute Gasteiger partial charge is 0.467 e. The van der Waals surface area contributed by atoms with Crippen molar-refractivity contribution in [2.75, 3.05) is 44.6 Å². The highest BCUT2D eigenvalue weighted by atomic mass is 16.3. The molecule has 0 spiro atoms. The number of benzene rings is 1. The predicted molar refractivity (Wildman–Crippen MR) is 113 cm³/mol. The number of rotatable bonds is 8. The van der Waals surface area contributed by atoms with Gasteiger partial charge >= 0.3 is 0 Å². The average Bonchev–Trinajstić information content (AvgIpc) is 3.25. The van der Waals surface area contributed by atoms with E-state index in [1.807, 2.05) is 43.3 Å². The molecule has 1 fully saturated rings. The van der Waals surface area contributed by atoms with Gasteiger partial charge < -0.3 is 15.1 Å². The first kappa shape index (κ1) is 21.1. The van der Waals surface area contributed by atoms with Crippen LogP contribution >= 0.6 is 0 Å². The van der Waals surface area contributed by atoms with E-state index in [-0.39, 0.29) is 17.9 Å². The van der Waals surface area contributed by atoms with E-state index < -0.39 is 0 Å². The molecule has 3 rings (SSSR count). The number of nitrogens with one attached hydrogen (secondary N) is 2. The number of hydrogen-bond donors (Lipinski definition) is 2. The second-order valence-corrected chi connectivity index (χ2v) is 7.42. The number of anilines is 1. The molecule has 0 aliphatic carbocycles. The highest BCUT2D eigenvalue weighted by Gasteiger charge is 2.22. The summed E-state index contributed by atoms with van der Waals surface area (Å²) in [6, 6.07) is 11.4. The Labute approximate surface area is 172 Å². The fourth-order valence-electron chi connectivity index (χ4n) is 3.55. The van der Waals surface area contributed by atoms with E-state index in [9.17, 15) is 9.59 Å². The van der Waals surface area contributed by atoms with Crippen LogP contribution in [0.2, 0.25) is 0 Å². The zero-order valence-corrected chi connectivity index (χ0v) is 17.2. The average molecular weight is 399 g/mol. The molecule has 0 bridgehead atoms. The third-order valence-electron chi connectivity index (χ3n) is 5.22. The molecular formula is C22H30N4O3. The van der Waals surface area contributed by atoms with Gasteiger partial charge in [0.25, 0.3) is 0 Å². The van der Waals surface area contributed by atoms with E-state index >= 15 is 0 Å². The van der Waals surface area contributed by atoms with Crippen LogP contribution in [0.5, 0.6) is 0 Å². The maximum atomic E-state index is 12.4. The Kier molecular flexibility index (Phi) is 7.43. The summed E-state index contributed by atoms with van der Waals surface area (Å²) in [6.45, 7) is 7.78. The van der Waals surface area contributed by atoms with E-state index in [2.05, 4.69) is 27.4 Å². The number of para-hydroxylation sites is 1. The highest BCUT2D eigenvalue weighted by molar-refractivity contribution is 5.93. The van der Waals surface area contributed by atoms with Crippen molar-refractivity contribution in [3.05, 3.63) is 54.0 Å². The Balaban J connectivity index is 1.38. The molecule has 7 nitrogen and oxygen atoms in total. The Morgan fingerprint density at radius 1 is 1.00 bits per heavy atom. The number of furan rings is 1. The monoisotopic (exact) mass is 398 g/mol. The van der Waals surface area contributed by atoms with E-state index in [0.29, 0.717) is 13.1 Å². The van der Waals surface area contributed by atoms with Gasteiger partial charge in [-0.25, -0.2) is 0 Å². The summed E-state index contributed by atoms with van der Waals surface area (Å²) in [5, 5.41) is 5.98. The van der Waals surface area contributed by atoms with Gasteiger partial charge in [0.1, 0.15) is 5.76 Å². The van der Waals surface area contributed by atoms with Crippen molar-refractivity contribution in [2.24, 2.45) is 0 Å². The van der Waals surface area contributed by atoms with Crippen LogP contribution in [-0.2, 0) is 16.0 Å². The van der Waals surface area contributed by atoms with E-state index in [1.54, 1.807) is 6.26 Å². The minimum absolute atomic E-state index is 0.00404. The third kappa shape index (κ3) is 6.17. The molecule has 2 N–H and O–H groups in total. The molecule has 2 aromatic rings. The lowest BCUT2D eigenvalue weighted by Gasteiger charge is -2.34. The van der Waals surface area contributed by atoms with E-state index in [0.717, 1.165) is 49.6 Å². The van der Waals surface area contributed by atoms with E-state index in [4.69, 9.17) is 4.42 Å². The zero-order valence-electron chi connectivity index (χ0n) is 17.2. The van der Waals surface area contributed by atoms with Gasteiger partial charge in [-0.05, 0) is 37.1 Å². The number of amides is 2. The highest BCUT2D eigenvalue weighted by Crippen LogP contribution is 2.15. The smallest absolute Gasteiger partial charge is 0.238 e. The van der Waals surface area contributed by atoms with Gasteiger partial charge in [-0.3, -0.25) is 19.4 Å². The van der Waals surface area contributed by atoms with Crippen molar-refractivity contribution in [3.8, 4) is 0 Å². The Hall–Kier alpha value is -2.64. The summed E-state index contributed by atoms with van der Waals surface area (Å²) in [5.74, 6) is 0.736. The molecule has 0 unspecified atom stereocenters. The number of piperazine rings is 1. The second-order valence-electron chi connectivity index (χ2n) is 7.42. The number of carbonyl (C=O) groups excluding carboxylic acids is 2. The van der Waals surface area contributed by atoms with Crippen LogP contribution < -0.4 is 10.6 Å². The maximum Gasteiger partial charge on any atom is 0.238 e. The summed E-state index contributed by atoms with van der Waals surface area (Å²) in [7, 11) is 0. The van der Waals surface area contributed by atoms with Gasteiger partial charge in [-0.1, -0.05) is 25.1 Å². The van der Waals surface area contributed by atoms with Gasteiger partial charge in [0, 0.05) is 31.9 Å². The zero-order chi connectivity index (χ0) is 20.6. The van der Waals surface area contributed by atoms with Crippen molar-refractivity contribution in [2.45, 2.75) is 26.3 Å². The molecule has 1 saturated heterocycles. The topological polar surface area (TPSA) is 77.8 Å². The van der Waals surface area contributed by atoms with E-state index in [1.165, 1.54) is 0 Å². The van der Waals surface area contributed by atoms with Crippen molar-refractivity contribution in [1.82, 2.24) is 15.1 Å². The normalized spacial score (nSPS) is 16.3. The lowest BCUT2D eigenvalue weighted by atomic mass is 10.1. The molecule has 7 heteroatoms. The second kappa shape index (κ2) is 10.2. The minimum atomic E-state index is -0.145. The molecule has 1 aliphatic rings. The van der Waals surface area contributed by atoms with Crippen LogP contribution in [0.1, 0.15) is 31.2 Å². The number of hydrogen-bond acceptors (Lipinski definition) is 5. The first-order valence-electron chi connectivity index (χ1n) is 10.2. The van der Waals surface area contributed by atoms with Crippen molar-refractivity contribution in [3.63, 3.8) is 0 Å². The lowest BCUT2D eigenvalue weighted by Crippen LogP contribution is -2.51. The van der Waals surface area contributed by atoms with Crippen molar-refractivity contribution >= 4 is 17.5 Å². The van der Waals surface area contributed by atoms with Crippen LogP contribution in [0.15, 0.2) is 47.1 Å². The lowest BCUT2D eigenvalue weighted by molar-refractivity contribution is -0.124. The van der Waals surface area contributed by atoms with Gasteiger partial charge in [-0.2, -0.15) is 0 Å². The summed E-state index contributed by atoms with van der Waals surface area (Å²) in [6.07, 6.45) is 2.49. The first-order valence-corrected chi connectivity index (χ1v) is 10.2. The molecule has 1 aromatic carbocycles. The van der Waals surface area contributed by atoms with Crippen LogP contribution in [0, 0.1) is 0 Å². The fourth-order valence-corrected chi connectivity index (χ4v) is 3.55. The number of carbonyl (C=O) groups is 2. The van der Waals surface area contributed by atoms with Gasteiger partial charge in [0.15, 0.2) is 0 Å². The molecule has 156 valence electrons. The fraction of sp³-hybridized carbons (Fsp3) is 0.455. The van der Waals surface area contributed by atoms with Gasteiger partial charge in [0.05, 0.1) is 25.4 Å². The molecule has 0 radical (unpaired) electrons. The molecule has 29 heavy (non-hydrogen) atoms. The summed E-state index contributed by atoms with van der Waals surface area (Å²) in [4.78, 5) is 28.9. The molecule has 0 saturated carbocycles. The van der Waals surface area contributed by atoms with Crippen LogP contribution in [0.4, 0.5) is 5.69 Å². The summed E-state index contributed by atoms with van der Waals surface area (Å²) >= 11 is 0. The van der Waals surface area contributed by atoms with Crippen molar-refractivity contribution in [1.29, 1.82) is 0 Å². The van der Waals surface area contributed by atoms with Gasteiger partial charge in [-0.15, -0.1) is 0 Å².